The molecule has 0 fully saturated rings. The zero-order chi connectivity index (χ0) is 11.8. The number of aromatic nitrogens is 2. The Kier molecular flexibility index (Phi) is 2.81. The van der Waals surface area contributed by atoms with Crippen LogP contribution in [0.2, 0.25) is 5.02 Å². The molecule has 0 unspecified atom stereocenters. The largest absolute Gasteiger partial charge is 0.313 e. The molecule has 0 aliphatic heterocycles. The van der Waals surface area contributed by atoms with Gasteiger partial charge in [0.2, 0.25) is 0 Å². The van der Waals surface area contributed by atoms with Crippen LogP contribution in [0.5, 0.6) is 0 Å². The molecule has 1 heterocycles. The van der Waals surface area contributed by atoms with E-state index < -0.39 is 26.7 Å². The number of nitrogens with zero attached hydrogens (tertiary/aromatic N) is 3. The third kappa shape index (κ3) is 2.15. The Morgan fingerprint density at radius 2 is 2.07 bits per heavy atom. The second kappa shape index (κ2) is 3.62. The summed E-state index contributed by atoms with van der Waals surface area (Å²) in [6.45, 7) is 5.26. The first-order valence-corrected chi connectivity index (χ1v) is 4.55. The highest BCUT2D eigenvalue weighted by molar-refractivity contribution is 6.32. The molecule has 7 heteroatoms. The highest BCUT2D eigenvalue weighted by Crippen LogP contribution is 2.19. The summed E-state index contributed by atoms with van der Waals surface area (Å²) in [6, 6.07) is 0. The molecule has 0 atom stereocenters. The van der Waals surface area contributed by atoms with Gasteiger partial charge in [-0.25, -0.2) is 4.68 Å². The molecule has 0 spiro atoms. The minimum Gasteiger partial charge on any atom is -0.266 e. The summed E-state index contributed by atoms with van der Waals surface area (Å²) < 4.78 is 1.11. The maximum Gasteiger partial charge on any atom is 0.313 e. The van der Waals surface area contributed by atoms with Gasteiger partial charge in [-0.15, -0.1) is 0 Å². The van der Waals surface area contributed by atoms with Gasteiger partial charge in [0.05, 0.1) is 10.5 Å². The lowest BCUT2D eigenvalue weighted by Gasteiger charge is -2.19. The maximum atomic E-state index is 11.6. The molecule has 0 saturated heterocycles. The molecule has 6 nitrogen and oxygen atoms in total. The molecule has 0 amide bonds. The van der Waals surface area contributed by atoms with Crippen LogP contribution in [0.25, 0.3) is 0 Å². The molecule has 1 aromatic rings. The van der Waals surface area contributed by atoms with Crippen molar-refractivity contribution >= 4 is 17.3 Å². The van der Waals surface area contributed by atoms with Gasteiger partial charge in [-0.3, -0.25) is 14.9 Å². The second-order valence-corrected chi connectivity index (χ2v) is 4.37. The Morgan fingerprint density at radius 1 is 1.53 bits per heavy atom. The van der Waals surface area contributed by atoms with Crippen molar-refractivity contribution in [1.29, 1.82) is 0 Å². The van der Waals surface area contributed by atoms with Gasteiger partial charge in [-0.2, -0.15) is 5.10 Å². The van der Waals surface area contributed by atoms with Gasteiger partial charge in [0.25, 0.3) is 5.56 Å². The molecule has 0 aliphatic carbocycles. The van der Waals surface area contributed by atoms with Crippen molar-refractivity contribution < 1.29 is 4.92 Å². The van der Waals surface area contributed by atoms with Crippen molar-refractivity contribution in [1.82, 2.24) is 9.78 Å². The molecule has 15 heavy (non-hydrogen) atoms. The molecule has 0 radical (unpaired) electrons. The molecule has 1 rings (SSSR count). The first kappa shape index (κ1) is 11.6. The third-order valence-corrected chi connectivity index (χ3v) is 2.09. The van der Waals surface area contributed by atoms with Crippen molar-refractivity contribution in [3.8, 4) is 0 Å². The molecule has 1 aromatic heterocycles. The number of hydrogen-bond acceptors (Lipinski definition) is 4. The van der Waals surface area contributed by atoms with E-state index >= 15 is 0 Å². The summed E-state index contributed by atoms with van der Waals surface area (Å²) >= 11 is 5.58. The molecule has 0 bridgehead atoms. The minimum atomic E-state index is -0.732. The van der Waals surface area contributed by atoms with Crippen molar-refractivity contribution in [3.05, 3.63) is 31.7 Å². The van der Waals surface area contributed by atoms with Crippen molar-refractivity contribution in [3.63, 3.8) is 0 Å². The molecule has 82 valence electrons. The lowest BCUT2D eigenvalue weighted by atomic mass is 10.1. The highest BCUT2D eigenvalue weighted by Gasteiger charge is 2.23. The molecular formula is C8H10ClN3O3. The molecular weight excluding hydrogens is 222 g/mol. The van der Waals surface area contributed by atoms with Gasteiger partial charge < -0.3 is 0 Å². The number of hydrogen-bond donors (Lipinski definition) is 0. The summed E-state index contributed by atoms with van der Waals surface area (Å²) in [4.78, 5) is 21.3. The van der Waals surface area contributed by atoms with Crippen LogP contribution in [0.4, 0.5) is 5.69 Å². The SMILES string of the molecule is CC(C)(C)n1ncc([N+](=O)[O-])c(Cl)c1=O. The van der Waals surface area contributed by atoms with Gasteiger partial charge in [-0.1, -0.05) is 11.6 Å². The minimum absolute atomic E-state index is 0.412. The Bertz CT molecular complexity index is 461. The van der Waals surface area contributed by atoms with Crippen molar-refractivity contribution in [2.24, 2.45) is 0 Å². The van der Waals surface area contributed by atoms with Gasteiger partial charge >= 0.3 is 5.69 Å². The highest BCUT2D eigenvalue weighted by atomic mass is 35.5. The van der Waals surface area contributed by atoms with E-state index in [1.807, 2.05) is 0 Å². The van der Waals surface area contributed by atoms with E-state index in [4.69, 9.17) is 11.6 Å². The lowest BCUT2D eigenvalue weighted by Crippen LogP contribution is -2.36. The fraction of sp³-hybridized carbons (Fsp3) is 0.500. The first-order chi connectivity index (χ1) is 6.75. The van der Waals surface area contributed by atoms with Crippen LogP contribution in [0.15, 0.2) is 11.0 Å². The first-order valence-electron chi connectivity index (χ1n) is 4.18. The van der Waals surface area contributed by atoms with E-state index in [2.05, 4.69) is 5.10 Å². The van der Waals surface area contributed by atoms with Crippen LogP contribution in [0, 0.1) is 10.1 Å². The Hall–Kier alpha value is -1.43. The smallest absolute Gasteiger partial charge is 0.266 e. The van der Waals surface area contributed by atoms with Gasteiger partial charge in [0, 0.05) is 0 Å². The summed E-state index contributed by atoms with van der Waals surface area (Å²) in [5.74, 6) is 0. The lowest BCUT2D eigenvalue weighted by molar-refractivity contribution is -0.385. The Labute approximate surface area is 90.6 Å². The molecule has 0 N–H and O–H groups in total. The quantitative estimate of drug-likeness (QED) is 0.543. The predicted octanol–water partition coefficient (Wildman–Crippen LogP) is 1.56. The topological polar surface area (TPSA) is 78.0 Å². The van der Waals surface area contributed by atoms with E-state index in [-0.39, 0.29) is 0 Å². The van der Waals surface area contributed by atoms with E-state index in [0.29, 0.717) is 0 Å². The normalized spacial score (nSPS) is 11.5. The Balaban J connectivity index is 3.48. The summed E-state index contributed by atoms with van der Waals surface area (Å²) in [5, 5.41) is 13.8. The Morgan fingerprint density at radius 3 is 2.47 bits per heavy atom. The maximum absolute atomic E-state index is 11.6. The standard InChI is InChI=1S/C8H10ClN3O3/c1-8(2,3)11-7(13)6(9)5(4-10-11)12(14)15/h4H,1-3H3. The fourth-order valence-corrected chi connectivity index (χ4v) is 1.23. The number of rotatable bonds is 1. The van der Waals surface area contributed by atoms with Crippen molar-refractivity contribution in [2.45, 2.75) is 26.3 Å². The van der Waals surface area contributed by atoms with E-state index in [9.17, 15) is 14.9 Å². The molecule has 0 aromatic carbocycles. The number of halogens is 1. The summed E-state index contributed by atoms with van der Waals surface area (Å²) in [6.07, 6.45) is 0.981. The monoisotopic (exact) mass is 231 g/mol. The van der Waals surface area contributed by atoms with Crippen LogP contribution < -0.4 is 5.56 Å². The van der Waals surface area contributed by atoms with Crippen LogP contribution in [-0.2, 0) is 5.54 Å². The molecule has 0 aliphatic rings. The van der Waals surface area contributed by atoms with Crippen molar-refractivity contribution in [2.75, 3.05) is 0 Å². The van der Waals surface area contributed by atoms with Crippen LogP contribution >= 0.6 is 11.6 Å². The summed E-state index contributed by atoms with van der Waals surface area (Å²) in [7, 11) is 0. The van der Waals surface area contributed by atoms with Crippen LogP contribution in [-0.4, -0.2) is 14.7 Å². The predicted molar refractivity (Wildman–Crippen MR) is 55.2 cm³/mol. The van der Waals surface area contributed by atoms with Gasteiger partial charge in [-0.05, 0) is 20.8 Å². The van der Waals surface area contributed by atoms with Crippen LogP contribution in [0.3, 0.4) is 0 Å². The molecule has 0 saturated carbocycles. The fourth-order valence-electron chi connectivity index (χ4n) is 1.03. The second-order valence-electron chi connectivity index (χ2n) is 3.99. The number of nitro groups is 1. The summed E-state index contributed by atoms with van der Waals surface area (Å²) in [5.41, 5.74) is -1.68. The zero-order valence-corrected chi connectivity index (χ0v) is 9.28. The van der Waals surface area contributed by atoms with E-state index in [1.165, 1.54) is 0 Å². The third-order valence-electron chi connectivity index (χ3n) is 1.73. The van der Waals surface area contributed by atoms with Gasteiger partial charge in [0.15, 0.2) is 5.02 Å². The van der Waals surface area contributed by atoms with E-state index in [0.717, 1.165) is 10.9 Å². The van der Waals surface area contributed by atoms with Gasteiger partial charge in [0.1, 0.15) is 6.20 Å². The van der Waals surface area contributed by atoms with E-state index in [1.54, 1.807) is 20.8 Å². The van der Waals surface area contributed by atoms with Crippen LogP contribution in [0.1, 0.15) is 20.8 Å². The average molecular weight is 232 g/mol. The average Bonchev–Trinajstić information content (AvgIpc) is 2.06. The zero-order valence-electron chi connectivity index (χ0n) is 8.52.